The maximum absolute atomic E-state index is 13.1. The first-order valence-electron chi connectivity index (χ1n) is 7.68. The number of nitrogens with zero attached hydrogens (tertiary/aromatic N) is 2. The number of para-hydroxylation sites is 1. The van der Waals surface area contributed by atoms with Gasteiger partial charge in [0, 0.05) is 22.4 Å². The van der Waals surface area contributed by atoms with Gasteiger partial charge in [0.1, 0.15) is 11.0 Å². The zero-order chi connectivity index (χ0) is 17.6. The predicted octanol–water partition coefficient (Wildman–Crippen LogP) is 4.47. The Kier molecular flexibility index (Phi) is 3.66. The number of halogens is 2. The molecule has 4 nitrogen and oxygen atoms in total. The smallest absolute Gasteiger partial charge is 0.256 e. The molecule has 2 heterocycles. The molecule has 0 unspecified atom stereocenters. The molecule has 0 atom stereocenters. The first-order chi connectivity index (χ1) is 12.0. The molecule has 1 N–H and O–H groups in total. The van der Waals surface area contributed by atoms with Crippen LogP contribution in [0, 0.1) is 12.7 Å². The molecule has 0 bridgehead atoms. The highest BCUT2D eigenvalue weighted by Gasteiger charge is 2.25. The van der Waals surface area contributed by atoms with E-state index in [9.17, 15) is 9.18 Å². The topological polar surface area (TPSA) is 46.9 Å². The third-order valence-corrected chi connectivity index (χ3v) is 4.48. The Labute approximate surface area is 148 Å². The van der Waals surface area contributed by atoms with Gasteiger partial charge >= 0.3 is 0 Å². The van der Waals surface area contributed by atoms with Crippen molar-refractivity contribution in [2.75, 3.05) is 5.32 Å². The van der Waals surface area contributed by atoms with Crippen LogP contribution in [0.4, 0.5) is 10.1 Å². The van der Waals surface area contributed by atoms with E-state index in [2.05, 4.69) is 10.4 Å². The first-order valence-corrected chi connectivity index (χ1v) is 8.06. The van der Waals surface area contributed by atoms with Gasteiger partial charge in [-0.25, -0.2) is 9.07 Å². The van der Waals surface area contributed by atoms with Gasteiger partial charge in [-0.1, -0.05) is 29.8 Å². The van der Waals surface area contributed by atoms with Crippen LogP contribution in [0.3, 0.4) is 0 Å². The lowest BCUT2D eigenvalue weighted by atomic mass is 10.0. The molecule has 1 aliphatic rings. The number of nitrogens with one attached hydrogen (secondary N) is 1. The summed E-state index contributed by atoms with van der Waals surface area (Å²) in [4.78, 5) is 12.3. The predicted molar refractivity (Wildman–Crippen MR) is 96.2 cm³/mol. The number of carbonyl (C=O) groups is 1. The van der Waals surface area contributed by atoms with Gasteiger partial charge in [0.25, 0.3) is 5.91 Å². The summed E-state index contributed by atoms with van der Waals surface area (Å²) < 4.78 is 14.7. The maximum atomic E-state index is 13.1. The Morgan fingerprint density at radius 1 is 1.16 bits per heavy atom. The van der Waals surface area contributed by atoms with Gasteiger partial charge < -0.3 is 5.32 Å². The van der Waals surface area contributed by atoms with Crippen molar-refractivity contribution in [3.8, 4) is 5.69 Å². The van der Waals surface area contributed by atoms with E-state index in [1.54, 1.807) is 18.2 Å². The summed E-state index contributed by atoms with van der Waals surface area (Å²) in [6.45, 7) is 1.82. The number of benzene rings is 2. The molecule has 0 saturated carbocycles. The highest BCUT2D eigenvalue weighted by atomic mass is 35.5. The Morgan fingerprint density at radius 2 is 1.88 bits per heavy atom. The number of hydrogen-bond donors (Lipinski definition) is 1. The van der Waals surface area contributed by atoms with Crippen LogP contribution >= 0.6 is 11.6 Å². The van der Waals surface area contributed by atoms with Gasteiger partial charge in [0.2, 0.25) is 0 Å². The number of anilines is 1. The first kappa shape index (κ1) is 15.6. The van der Waals surface area contributed by atoms with E-state index in [1.165, 1.54) is 16.8 Å². The summed E-state index contributed by atoms with van der Waals surface area (Å²) in [6.07, 6.45) is 1.74. The number of aryl methyl sites for hydroxylation is 1. The molecule has 0 aliphatic carbocycles. The molecule has 4 rings (SSSR count). The summed E-state index contributed by atoms with van der Waals surface area (Å²) in [6, 6.07) is 13.4. The van der Waals surface area contributed by atoms with Crippen molar-refractivity contribution in [3.05, 3.63) is 76.3 Å². The van der Waals surface area contributed by atoms with Gasteiger partial charge in [0.05, 0.1) is 11.4 Å². The summed E-state index contributed by atoms with van der Waals surface area (Å²) in [5.41, 5.74) is 4.14. The summed E-state index contributed by atoms with van der Waals surface area (Å²) in [5, 5.41) is 7.62. The van der Waals surface area contributed by atoms with Crippen LogP contribution in [0.25, 0.3) is 17.3 Å². The third kappa shape index (κ3) is 2.62. The van der Waals surface area contributed by atoms with Crippen molar-refractivity contribution in [2.24, 2.45) is 0 Å². The quantitative estimate of drug-likeness (QED) is 0.691. The number of rotatable bonds is 2. The van der Waals surface area contributed by atoms with Gasteiger partial charge in [0.15, 0.2) is 0 Å². The van der Waals surface area contributed by atoms with E-state index in [0.717, 1.165) is 11.3 Å². The SMILES string of the molecule is Cc1nn(-c2ccc(F)cc2)c(Cl)c1C=C1C(=O)Nc2ccccc21. The minimum Gasteiger partial charge on any atom is -0.321 e. The second-order valence-corrected chi connectivity index (χ2v) is 6.09. The van der Waals surface area contributed by atoms with Crippen LogP contribution in [0.5, 0.6) is 0 Å². The van der Waals surface area contributed by atoms with Crippen LogP contribution < -0.4 is 5.32 Å². The number of carbonyl (C=O) groups excluding carboxylic acids is 1. The molecule has 6 heteroatoms. The number of fused-ring (bicyclic) bond motifs is 1. The van der Waals surface area contributed by atoms with Gasteiger partial charge in [-0.3, -0.25) is 4.79 Å². The van der Waals surface area contributed by atoms with E-state index < -0.39 is 0 Å². The second-order valence-electron chi connectivity index (χ2n) is 5.74. The van der Waals surface area contributed by atoms with Gasteiger partial charge in [-0.05, 0) is 43.3 Å². The van der Waals surface area contributed by atoms with Crippen LogP contribution in [0.15, 0.2) is 48.5 Å². The monoisotopic (exact) mass is 353 g/mol. The molecule has 0 spiro atoms. The lowest BCUT2D eigenvalue weighted by molar-refractivity contribution is -0.110. The van der Waals surface area contributed by atoms with Crippen molar-refractivity contribution in [1.82, 2.24) is 9.78 Å². The van der Waals surface area contributed by atoms with Gasteiger partial charge in [-0.15, -0.1) is 0 Å². The van der Waals surface area contributed by atoms with Crippen molar-refractivity contribution in [2.45, 2.75) is 6.92 Å². The summed E-state index contributed by atoms with van der Waals surface area (Å²) >= 11 is 6.49. The molecule has 3 aromatic rings. The number of hydrogen-bond acceptors (Lipinski definition) is 2. The lowest BCUT2D eigenvalue weighted by Gasteiger charge is -2.03. The Bertz CT molecular complexity index is 1020. The molecular weight excluding hydrogens is 341 g/mol. The summed E-state index contributed by atoms with van der Waals surface area (Å²) in [5.74, 6) is -0.503. The molecule has 0 saturated heterocycles. The largest absolute Gasteiger partial charge is 0.321 e. The highest BCUT2D eigenvalue weighted by molar-refractivity contribution is 6.36. The van der Waals surface area contributed by atoms with E-state index in [4.69, 9.17) is 11.6 Å². The molecular formula is C19H13ClFN3O. The molecule has 0 radical (unpaired) electrons. The fourth-order valence-corrected chi connectivity index (χ4v) is 3.18. The standard InChI is InChI=1S/C19H13ClFN3O/c1-11-15(10-16-14-4-2-3-5-17(14)22-19(16)25)18(20)24(23-11)13-8-6-12(21)7-9-13/h2-10H,1H3,(H,22,25). The number of amides is 1. The normalized spacial score (nSPS) is 14.7. The van der Waals surface area contributed by atoms with Crippen LogP contribution in [-0.4, -0.2) is 15.7 Å². The van der Waals surface area contributed by atoms with Crippen molar-refractivity contribution >= 4 is 34.8 Å². The van der Waals surface area contributed by atoms with E-state index in [1.807, 2.05) is 31.2 Å². The number of aromatic nitrogens is 2. The minimum atomic E-state index is -0.328. The van der Waals surface area contributed by atoms with Crippen molar-refractivity contribution < 1.29 is 9.18 Å². The third-order valence-electron chi connectivity index (χ3n) is 4.12. The maximum Gasteiger partial charge on any atom is 0.256 e. The van der Waals surface area contributed by atoms with E-state index in [-0.39, 0.29) is 11.7 Å². The molecule has 2 aromatic carbocycles. The van der Waals surface area contributed by atoms with E-state index in [0.29, 0.717) is 27.7 Å². The average molecular weight is 354 g/mol. The average Bonchev–Trinajstić information content (AvgIpc) is 3.07. The minimum absolute atomic E-state index is 0.175. The molecule has 124 valence electrons. The van der Waals surface area contributed by atoms with Crippen molar-refractivity contribution in [3.63, 3.8) is 0 Å². The zero-order valence-electron chi connectivity index (χ0n) is 13.3. The Morgan fingerprint density at radius 3 is 2.64 bits per heavy atom. The molecule has 1 amide bonds. The molecule has 0 fully saturated rings. The molecule has 1 aliphatic heterocycles. The summed E-state index contributed by atoms with van der Waals surface area (Å²) in [7, 11) is 0. The van der Waals surface area contributed by atoms with Crippen LogP contribution in [0.1, 0.15) is 16.8 Å². The fraction of sp³-hybridized carbons (Fsp3) is 0.0526. The van der Waals surface area contributed by atoms with Crippen molar-refractivity contribution in [1.29, 1.82) is 0 Å². The molecule has 1 aromatic heterocycles. The second kappa shape index (κ2) is 5.86. The highest BCUT2D eigenvalue weighted by Crippen LogP contribution is 2.35. The Balaban J connectivity index is 1.82. The zero-order valence-corrected chi connectivity index (χ0v) is 14.0. The van der Waals surface area contributed by atoms with E-state index >= 15 is 0 Å². The molecule has 25 heavy (non-hydrogen) atoms. The fourth-order valence-electron chi connectivity index (χ4n) is 2.86. The lowest BCUT2D eigenvalue weighted by Crippen LogP contribution is -2.03. The van der Waals surface area contributed by atoms with Gasteiger partial charge in [-0.2, -0.15) is 5.10 Å². The van der Waals surface area contributed by atoms with Crippen LogP contribution in [-0.2, 0) is 4.79 Å². The Hall–Kier alpha value is -2.92. The van der Waals surface area contributed by atoms with Crippen LogP contribution in [0.2, 0.25) is 5.15 Å².